The van der Waals surface area contributed by atoms with Gasteiger partial charge >= 0.3 is 11.9 Å². The van der Waals surface area contributed by atoms with Crippen molar-refractivity contribution in [3.05, 3.63) is 62.5 Å². The van der Waals surface area contributed by atoms with Crippen LogP contribution < -0.4 is 10.6 Å². The fourth-order valence-electron chi connectivity index (χ4n) is 4.92. The molecule has 0 spiro atoms. The van der Waals surface area contributed by atoms with Gasteiger partial charge in [-0.15, -0.1) is 0 Å². The van der Waals surface area contributed by atoms with Crippen LogP contribution in [0.15, 0.2) is 46.8 Å². The van der Waals surface area contributed by atoms with Gasteiger partial charge in [0.2, 0.25) is 0 Å². The van der Waals surface area contributed by atoms with Gasteiger partial charge in [-0.25, -0.2) is 9.59 Å². The van der Waals surface area contributed by atoms with Crippen LogP contribution in [0.4, 0.5) is 5.69 Å². The Bertz CT molecular complexity index is 1100. The predicted octanol–water partition coefficient (Wildman–Crippen LogP) is 3.38. The summed E-state index contributed by atoms with van der Waals surface area (Å²) in [6, 6.07) is 5.81. The normalized spacial score (nSPS) is 19.5. The second-order valence-electron chi connectivity index (χ2n) is 8.80. The van der Waals surface area contributed by atoms with Crippen molar-refractivity contribution in [3.8, 4) is 0 Å². The first-order chi connectivity index (χ1) is 16.6. The zero-order valence-electron chi connectivity index (χ0n) is 20.4. The molecular weight excluding hydrogens is 454 g/mol. The summed E-state index contributed by atoms with van der Waals surface area (Å²) in [6.07, 6.45) is 3.35. The van der Waals surface area contributed by atoms with Crippen molar-refractivity contribution in [2.45, 2.75) is 64.3 Å². The van der Waals surface area contributed by atoms with Gasteiger partial charge in [0.05, 0.1) is 30.1 Å². The molecule has 1 heterocycles. The molecule has 3 rings (SSSR count). The van der Waals surface area contributed by atoms with Crippen LogP contribution in [-0.4, -0.2) is 42.0 Å². The molecule has 0 saturated heterocycles. The maximum atomic E-state index is 13.8. The molecule has 10 nitrogen and oxygen atoms in total. The third-order valence-electron chi connectivity index (χ3n) is 6.55. The van der Waals surface area contributed by atoms with Gasteiger partial charge < -0.3 is 20.1 Å². The molecule has 1 amide bonds. The maximum absolute atomic E-state index is 13.8. The number of rotatable bonds is 7. The van der Waals surface area contributed by atoms with Gasteiger partial charge in [-0.1, -0.05) is 31.4 Å². The SMILES string of the molecule is CCOC(=O)C1(NC(=O)C2=C(C)NC(C)=C(C(=O)OC)C2c2cccc([N+](=O)[O-])c2)CCCCC1. The second kappa shape index (κ2) is 10.7. The first-order valence-electron chi connectivity index (χ1n) is 11.7. The van der Waals surface area contributed by atoms with Crippen molar-refractivity contribution >= 4 is 23.5 Å². The average molecular weight is 486 g/mol. The van der Waals surface area contributed by atoms with Crippen molar-refractivity contribution in [2.24, 2.45) is 0 Å². The molecule has 1 atom stereocenters. The summed E-state index contributed by atoms with van der Waals surface area (Å²) in [4.78, 5) is 50.5. The number of nitrogens with one attached hydrogen (secondary N) is 2. The van der Waals surface area contributed by atoms with Crippen molar-refractivity contribution in [1.29, 1.82) is 0 Å². The minimum Gasteiger partial charge on any atom is -0.466 e. The molecule has 1 aliphatic heterocycles. The van der Waals surface area contributed by atoms with Gasteiger partial charge in [0, 0.05) is 29.1 Å². The smallest absolute Gasteiger partial charge is 0.336 e. The van der Waals surface area contributed by atoms with Crippen LogP contribution in [0.3, 0.4) is 0 Å². The molecule has 1 aromatic rings. The number of carbonyl (C=O) groups excluding carboxylic acids is 3. The van der Waals surface area contributed by atoms with E-state index in [-0.39, 0.29) is 23.4 Å². The van der Waals surface area contributed by atoms with Crippen molar-refractivity contribution in [3.63, 3.8) is 0 Å². The van der Waals surface area contributed by atoms with Gasteiger partial charge in [0.15, 0.2) is 0 Å². The largest absolute Gasteiger partial charge is 0.466 e. The number of hydrogen-bond acceptors (Lipinski definition) is 8. The topological polar surface area (TPSA) is 137 Å². The quantitative estimate of drug-likeness (QED) is 0.341. The standard InChI is InChI=1S/C25H31N3O7/c1-5-35-24(31)25(12-7-6-8-13-25)27-22(29)19-15(2)26-16(3)20(23(30)34-4)21(19)17-10-9-11-18(14-17)28(32)33/h9-11,14,21,26H,5-8,12-13H2,1-4H3,(H,27,29). The second-order valence-corrected chi connectivity index (χ2v) is 8.80. The molecule has 2 N–H and O–H groups in total. The van der Waals surface area contributed by atoms with E-state index >= 15 is 0 Å². The Morgan fingerprint density at radius 1 is 1.14 bits per heavy atom. The first-order valence-corrected chi connectivity index (χ1v) is 11.7. The van der Waals surface area contributed by atoms with Gasteiger partial charge in [-0.3, -0.25) is 14.9 Å². The summed E-state index contributed by atoms with van der Waals surface area (Å²) in [5.41, 5.74) is 0.338. The highest BCUT2D eigenvalue weighted by atomic mass is 16.6. The monoisotopic (exact) mass is 485 g/mol. The summed E-state index contributed by atoms with van der Waals surface area (Å²) < 4.78 is 10.3. The Morgan fingerprint density at radius 2 is 1.80 bits per heavy atom. The van der Waals surface area contributed by atoms with E-state index in [0.717, 1.165) is 19.3 Å². The third kappa shape index (κ3) is 5.21. The van der Waals surface area contributed by atoms with Crippen LogP contribution in [-0.2, 0) is 23.9 Å². The summed E-state index contributed by atoms with van der Waals surface area (Å²) in [5.74, 6) is -2.63. The van der Waals surface area contributed by atoms with Crippen LogP contribution in [0.2, 0.25) is 0 Å². The molecule has 35 heavy (non-hydrogen) atoms. The van der Waals surface area contributed by atoms with Crippen LogP contribution >= 0.6 is 0 Å². The molecule has 1 aromatic carbocycles. The molecule has 1 aliphatic carbocycles. The Balaban J connectivity index is 2.11. The highest BCUT2D eigenvalue weighted by molar-refractivity contribution is 6.04. The molecule has 1 unspecified atom stereocenters. The molecule has 0 bridgehead atoms. The number of esters is 2. The summed E-state index contributed by atoms with van der Waals surface area (Å²) in [6.45, 7) is 5.26. The van der Waals surface area contributed by atoms with E-state index in [2.05, 4.69) is 10.6 Å². The number of benzene rings is 1. The van der Waals surface area contributed by atoms with Crippen molar-refractivity contribution in [2.75, 3.05) is 13.7 Å². The summed E-state index contributed by atoms with van der Waals surface area (Å²) >= 11 is 0. The lowest BCUT2D eigenvalue weighted by Gasteiger charge is -2.37. The predicted molar refractivity (Wildman–Crippen MR) is 127 cm³/mol. The molecule has 1 saturated carbocycles. The third-order valence-corrected chi connectivity index (χ3v) is 6.55. The van der Waals surface area contributed by atoms with E-state index in [1.807, 2.05) is 0 Å². The van der Waals surface area contributed by atoms with E-state index in [1.54, 1.807) is 26.8 Å². The molecule has 1 fully saturated rings. The number of amides is 1. The minimum absolute atomic E-state index is 0.164. The highest BCUT2D eigenvalue weighted by Gasteiger charge is 2.45. The lowest BCUT2D eigenvalue weighted by atomic mass is 9.78. The van der Waals surface area contributed by atoms with Gasteiger partial charge in [0.1, 0.15) is 5.54 Å². The number of methoxy groups -OCH3 is 1. The zero-order valence-corrected chi connectivity index (χ0v) is 20.4. The van der Waals surface area contributed by atoms with E-state index in [1.165, 1.54) is 25.3 Å². The Morgan fingerprint density at radius 3 is 2.40 bits per heavy atom. The molecule has 2 aliphatic rings. The molecule has 188 valence electrons. The van der Waals surface area contributed by atoms with E-state index in [9.17, 15) is 24.5 Å². The maximum Gasteiger partial charge on any atom is 0.336 e. The number of hydrogen-bond donors (Lipinski definition) is 2. The lowest BCUT2D eigenvalue weighted by Crippen LogP contribution is -2.57. The van der Waals surface area contributed by atoms with E-state index < -0.39 is 34.2 Å². The number of allylic oxidation sites excluding steroid dienone is 2. The van der Waals surface area contributed by atoms with Crippen molar-refractivity contribution in [1.82, 2.24) is 10.6 Å². The van der Waals surface area contributed by atoms with Crippen LogP contribution in [0, 0.1) is 10.1 Å². The first kappa shape index (κ1) is 25.9. The number of nitro benzene ring substituents is 1. The Kier molecular flexibility index (Phi) is 7.93. The number of carbonyl (C=O) groups is 3. The average Bonchev–Trinajstić information content (AvgIpc) is 2.83. The zero-order chi connectivity index (χ0) is 25.8. The summed E-state index contributed by atoms with van der Waals surface area (Å²) in [7, 11) is 1.23. The van der Waals surface area contributed by atoms with Crippen LogP contribution in [0.5, 0.6) is 0 Å². The fraction of sp³-hybridized carbons (Fsp3) is 0.480. The Labute approximate surface area is 203 Å². The molecule has 0 aromatic heterocycles. The minimum atomic E-state index is -1.17. The number of ether oxygens (including phenoxy) is 2. The molecular formula is C25H31N3O7. The lowest BCUT2D eigenvalue weighted by molar-refractivity contribution is -0.384. The van der Waals surface area contributed by atoms with Crippen molar-refractivity contribution < 1.29 is 28.8 Å². The number of nitrogens with zero attached hydrogens (tertiary/aromatic N) is 1. The number of dihydropyridines is 1. The Hall–Kier alpha value is -3.69. The van der Waals surface area contributed by atoms with Crippen LogP contribution in [0.25, 0.3) is 0 Å². The number of non-ortho nitro benzene ring substituents is 1. The van der Waals surface area contributed by atoms with E-state index in [0.29, 0.717) is 29.8 Å². The van der Waals surface area contributed by atoms with Gasteiger partial charge in [0.25, 0.3) is 11.6 Å². The molecule has 10 heteroatoms. The fourth-order valence-corrected chi connectivity index (χ4v) is 4.92. The highest BCUT2D eigenvalue weighted by Crippen LogP contribution is 2.40. The number of nitro groups is 1. The van der Waals surface area contributed by atoms with Crippen LogP contribution in [0.1, 0.15) is 64.4 Å². The van der Waals surface area contributed by atoms with E-state index in [4.69, 9.17) is 9.47 Å². The van der Waals surface area contributed by atoms with Gasteiger partial charge in [-0.05, 0) is 39.2 Å². The molecule has 0 radical (unpaired) electrons. The van der Waals surface area contributed by atoms with Gasteiger partial charge in [-0.2, -0.15) is 0 Å². The summed E-state index contributed by atoms with van der Waals surface area (Å²) in [5, 5.41) is 17.4.